The van der Waals surface area contributed by atoms with Gasteiger partial charge < -0.3 is 15.4 Å². The Kier molecular flexibility index (Phi) is 5.61. The zero-order valence-corrected chi connectivity index (χ0v) is 14.5. The number of ether oxygens (including phenoxy) is 1. The van der Waals surface area contributed by atoms with E-state index in [4.69, 9.17) is 16.3 Å². The zero-order chi connectivity index (χ0) is 17.9. The molecule has 0 saturated heterocycles. The first kappa shape index (κ1) is 18.4. The monoisotopic (exact) mass is 422 g/mol. The van der Waals surface area contributed by atoms with Crippen LogP contribution in [-0.2, 0) is 6.18 Å². The van der Waals surface area contributed by atoms with E-state index in [1.807, 2.05) is 0 Å². The molecule has 2 aromatic rings. The van der Waals surface area contributed by atoms with Crippen LogP contribution < -0.4 is 15.4 Å². The number of urea groups is 1. The lowest BCUT2D eigenvalue weighted by Gasteiger charge is -2.14. The highest BCUT2D eigenvalue weighted by Gasteiger charge is 2.33. The Morgan fingerprint density at radius 1 is 1.17 bits per heavy atom. The minimum Gasteiger partial charge on any atom is -0.495 e. The van der Waals surface area contributed by atoms with Crippen LogP contribution in [0.5, 0.6) is 5.75 Å². The minimum absolute atomic E-state index is 0.0102. The summed E-state index contributed by atoms with van der Waals surface area (Å²) in [6.07, 6.45) is -4.54. The molecule has 2 N–H and O–H groups in total. The van der Waals surface area contributed by atoms with E-state index >= 15 is 0 Å². The van der Waals surface area contributed by atoms with Crippen LogP contribution in [0, 0.1) is 0 Å². The third kappa shape index (κ3) is 4.55. The molecule has 2 amide bonds. The molecule has 0 aliphatic heterocycles. The molecule has 0 heterocycles. The molecular formula is C15H11BrClF3N2O2. The maximum Gasteiger partial charge on any atom is 0.417 e. The van der Waals surface area contributed by atoms with Gasteiger partial charge in [-0.15, -0.1) is 0 Å². The van der Waals surface area contributed by atoms with Gasteiger partial charge in [-0.3, -0.25) is 0 Å². The number of amides is 2. The predicted molar refractivity (Wildman–Crippen MR) is 89.8 cm³/mol. The van der Waals surface area contributed by atoms with Gasteiger partial charge in [0, 0.05) is 15.2 Å². The molecule has 0 aromatic heterocycles. The van der Waals surface area contributed by atoms with E-state index in [1.165, 1.54) is 25.3 Å². The normalized spacial score (nSPS) is 11.1. The minimum atomic E-state index is -4.54. The van der Waals surface area contributed by atoms with Crippen LogP contribution in [-0.4, -0.2) is 13.1 Å². The Bertz CT molecular complexity index is 769. The van der Waals surface area contributed by atoms with Gasteiger partial charge in [0.05, 0.1) is 18.4 Å². The Morgan fingerprint density at radius 3 is 2.50 bits per heavy atom. The molecule has 0 radical (unpaired) electrons. The number of carbonyl (C=O) groups is 1. The molecule has 2 aromatic carbocycles. The smallest absolute Gasteiger partial charge is 0.417 e. The van der Waals surface area contributed by atoms with Gasteiger partial charge >= 0.3 is 12.2 Å². The standard InChI is InChI=1S/C15H11BrClF3N2O2/c1-24-13-5-2-8(17)6-12(13)22-14(23)21-9-3-4-11(16)10(7-9)15(18,19)20/h2-7H,1H3,(H2,21,22,23). The largest absolute Gasteiger partial charge is 0.495 e. The van der Waals surface area contributed by atoms with Gasteiger partial charge in [0.2, 0.25) is 0 Å². The quantitative estimate of drug-likeness (QED) is 0.658. The molecule has 0 fully saturated rings. The molecule has 24 heavy (non-hydrogen) atoms. The summed E-state index contributed by atoms with van der Waals surface area (Å²) >= 11 is 8.68. The predicted octanol–water partition coefficient (Wildman–Crippen LogP) is 5.77. The van der Waals surface area contributed by atoms with Crippen LogP contribution in [0.1, 0.15) is 5.56 Å². The molecule has 9 heteroatoms. The highest BCUT2D eigenvalue weighted by atomic mass is 79.9. The molecule has 0 unspecified atom stereocenters. The van der Waals surface area contributed by atoms with Crippen molar-refractivity contribution in [2.45, 2.75) is 6.18 Å². The first-order valence-electron chi connectivity index (χ1n) is 6.49. The summed E-state index contributed by atoms with van der Waals surface area (Å²) in [5, 5.41) is 5.17. The lowest BCUT2D eigenvalue weighted by Crippen LogP contribution is -2.20. The van der Waals surface area contributed by atoms with E-state index in [2.05, 4.69) is 26.6 Å². The number of halogens is 5. The number of nitrogens with one attached hydrogen (secondary N) is 2. The van der Waals surface area contributed by atoms with Crippen molar-refractivity contribution in [2.75, 3.05) is 17.7 Å². The summed E-state index contributed by atoms with van der Waals surface area (Å²) in [6, 6.07) is 7.24. The zero-order valence-electron chi connectivity index (χ0n) is 12.2. The van der Waals surface area contributed by atoms with Gasteiger partial charge in [-0.1, -0.05) is 27.5 Å². The number of methoxy groups -OCH3 is 1. The van der Waals surface area contributed by atoms with E-state index < -0.39 is 17.8 Å². The Labute approximate surface area is 149 Å². The maximum absolute atomic E-state index is 12.9. The maximum atomic E-state index is 12.9. The third-order valence-corrected chi connectivity index (χ3v) is 3.87. The van der Waals surface area contributed by atoms with Crippen molar-refractivity contribution in [1.82, 2.24) is 0 Å². The lowest BCUT2D eigenvalue weighted by atomic mass is 10.2. The van der Waals surface area contributed by atoms with Crippen molar-refractivity contribution in [1.29, 1.82) is 0 Å². The molecular weight excluding hydrogens is 413 g/mol. The van der Waals surface area contributed by atoms with E-state index in [1.54, 1.807) is 12.1 Å². The summed E-state index contributed by atoms with van der Waals surface area (Å²) < 4.78 is 43.6. The second kappa shape index (κ2) is 7.31. The van der Waals surface area contributed by atoms with Crippen molar-refractivity contribution in [3.8, 4) is 5.75 Å². The average molecular weight is 424 g/mol. The Hall–Kier alpha value is -1.93. The highest BCUT2D eigenvalue weighted by Crippen LogP contribution is 2.36. The Morgan fingerprint density at radius 2 is 1.88 bits per heavy atom. The molecule has 0 bridgehead atoms. The fraction of sp³-hybridized carbons (Fsp3) is 0.133. The summed E-state index contributed by atoms with van der Waals surface area (Å²) in [6.45, 7) is 0. The molecule has 2 rings (SSSR count). The number of anilines is 2. The average Bonchev–Trinajstić information content (AvgIpc) is 2.48. The van der Waals surface area contributed by atoms with Gasteiger partial charge in [0.15, 0.2) is 0 Å². The van der Waals surface area contributed by atoms with Gasteiger partial charge in [-0.25, -0.2) is 4.79 Å². The van der Waals surface area contributed by atoms with Gasteiger partial charge in [0.1, 0.15) is 5.75 Å². The summed E-state index contributed by atoms with van der Waals surface area (Å²) in [5.74, 6) is 0.362. The molecule has 0 atom stereocenters. The number of benzene rings is 2. The summed E-state index contributed by atoms with van der Waals surface area (Å²) in [5.41, 5.74) is -0.611. The van der Waals surface area contributed by atoms with E-state index in [9.17, 15) is 18.0 Å². The molecule has 4 nitrogen and oxygen atoms in total. The van der Waals surface area contributed by atoms with Crippen LogP contribution in [0.3, 0.4) is 0 Å². The van der Waals surface area contributed by atoms with Gasteiger partial charge in [-0.2, -0.15) is 13.2 Å². The van der Waals surface area contributed by atoms with Crippen molar-refractivity contribution in [2.24, 2.45) is 0 Å². The number of carbonyl (C=O) groups excluding carboxylic acids is 1. The number of hydrogen-bond acceptors (Lipinski definition) is 2. The van der Waals surface area contributed by atoms with Crippen LogP contribution >= 0.6 is 27.5 Å². The summed E-state index contributed by atoms with van der Waals surface area (Å²) in [4.78, 5) is 12.0. The highest BCUT2D eigenvalue weighted by molar-refractivity contribution is 9.10. The molecule has 0 aliphatic rings. The van der Waals surface area contributed by atoms with Crippen molar-refractivity contribution < 1.29 is 22.7 Å². The van der Waals surface area contributed by atoms with Crippen molar-refractivity contribution in [3.05, 3.63) is 51.5 Å². The number of hydrogen-bond donors (Lipinski definition) is 2. The topological polar surface area (TPSA) is 50.4 Å². The van der Waals surface area contributed by atoms with E-state index in [0.717, 1.165) is 6.07 Å². The van der Waals surface area contributed by atoms with Crippen LogP contribution in [0.2, 0.25) is 5.02 Å². The van der Waals surface area contributed by atoms with Gasteiger partial charge in [-0.05, 0) is 36.4 Å². The Balaban J connectivity index is 2.18. The SMILES string of the molecule is COc1ccc(Cl)cc1NC(=O)Nc1ccc(Br)c(C(F)(F)F)c1. The summed E-state index contributed by atoms with van der Waals surface area (Å²) in [7, 11) is 1.41. The van der Waals surface area contributed by atoms with Crippen molar-refractivity contribution >= 4 is 44.9 Å². The lowest BCUT2D eigenvalue weighted by molar-refractivity contribution is -0.138. The third-order valence-electron chi connectivity index (χ3n) is 2.94. The van der Waals surface area contributed by atoms with Crippen LogP contribution in [0.25, 0.3) is 0 Å². The first-order chi connectivity index (χ1) is 11.2. The first-order valence-corrected chi connectivity index (χ1v) is 7.66. The molecule has 0 aliphatic carbocycles. The second-order valence-corrected chi connectivity index (χ2v) is 5.91. The van der Waals surface area contributed by atoms with Crippen molar-refractivity contribution in [3.63, 3.8) is 0 Å². The fourth-order valence-electron chi connectivity index (χ4n) is 1.88. The van der Waals surface area contributed by atoms with E-state index in [-0.39, 0.29) is 15.8 Å². The number of alkyl halides is 3. The van der Waals surface area contributed by atoms with Crippen LogP contribution in [0.15, 0.2) is 40.9 Å². The van der Waals surface area contributed by atoms with Gasteiger partial charge in [0.25, 0.3) is 0 Å². The molecule has 0 spiro atoms. The number of rotatable bonds is 3. The molecule has 0 saturated carbocycles. The second-order valence-electron chi connectivity index (χ2n) is 4.62. The van der Waals surface area contributed by atoms with Crippen LogP contribution in [0.4, 0.5) is 29.3 Å². The van der Waals surface area contributed by atoms with E-state index in [0.29, 0.717) is 10.8 Å². The fourth-order valence-corrected chi connectivity index (χ4v) is 2.53. The molecule has 128 valence electrons.